The molecule has 2 aliphatic heterocycles. The van der Waals surface area contributed by atoms with Crippen LogP contribution in [0.5, 0.6) is 17.2 Å². The van der Waals surface area contributed by atoms with E-state index in [9.17, 15) is 9.59 Å². The number of benzene rings is 2. The maximum absolute atomic E-state index is 12.9. The standard InChI is InChI=1S/C25H26N4O5/c1-28-11-8-23(27-28)26-24(30)17-12-21(20-14-19(15-32-2)34-22(20)13-17)33-18-6-4-16(5-7-18)25(31)29-9-3-10-29/h4-8,11-13,19H,3,9-10,14-15H2,1-2H3,(H,26,27,30). The summed E-state index contributed by atoms with van der Waals surface area (Å²) in [6.45, 7) is 2.04. The lowest BCUT2D eigenvalue weighted by molar-refractivity contribution is 0.0651. The Kier molecular flexibility index (Phi) is 5.93. The molecule has 9 nitrogen and oxygen atoms in total. The fraction of sp³-hybridized carbons (Fsp3) is 0.320. The zero-order chi connectivity index (χ0) is 23.7. The van der Waals surface area contributed by atoms with Crippen LogP contribution < -0.4 is 14.8 Å². The number of amides is 2. The maximum Gasteiger partial charge on any atom is 0.257 e. The van der Waals surface area contributed by atoms with Crippen LogP contribution in [-0.4, -0.2) is 59.4 Å². The number of aromatic nitrogens is 2. The summed E-state index contributed by atoms with van der Waals surface area (Å²) in [4.78, 5) is 27.2. The summed E-state index contributed by atoms with van der Waals surface area (Å²) in [6, 6.07) is 12.2. The number of carbonyl (C=O) groups excluding carboxylic acids is 2. The molecule has 0 saturated carbocycles. The topological polar surface area (TPSA) is 94.9 Å². The Labute approximate surface area is 197 Å². The van der Waals surface area contributed by atoms with Gasteiger partial charge in [0.25, 0.3) is 11.8 Å². The monoisotopic (exact) mass is 462 g/mol. The van der Waals surface area contributed by atoms with Crippen LogP contribution in [0, 0.1) is 0 Å². The van der Waals surface area contributed by atoms with Crippen molar-refractivity contribution >= 4 is 17.6 Å². The number of fused-ring (bicyclic) bond motifs is 1. The molecule has 2 aromatic carbocycles. The zero-order valence-corrected chi connectivity index (χ0v) is 19.1. The number of ether oxygens (including phenoxy) is 3. The van der Waals surface area contributed by atoms with Gasteiger partial charge in [0.1, 0.15) is 23.4 Å². The van der Waals surface area contributed by atoms with Crippen LogP contribution >= 0.6 is 0 Å². The van der Waals surface area contributed by atoms with E-state index in [1.165, 1.54) is 0 Å². The van der Waals surface area contributed by atoms with Crippen molar-refractivity contribution in [1.82, 2.24) is 14.7 Å². The average Bonchev–Trinajstić information content (AvgIpc) is 3.38. The Morgan fingerprint density at radius 2 is 1.94 bits per heavy atom. The first-order valence-corrected chi connectivity index (χ1v) is 11.2. The van der Waals surface area contributed by atoms with Crippen molar-refractivity contribution in [3.05, 3.63) is 65.4 Å². The van der Waals surface area contributed by atoms with Gasteiger partial charge in [-0.3, -0.25) is 14.3 Å². The molecule has 34 heavy (non-hydrogen) atoms. The van der Waals surface area contributed by atoms with Gasteiger partial charge in [-0.25, -0.2) is 0 Å². The molecule has 1 atom stereocenters. The summed E-state index contributed by atoms with van der Waals surface area (Å²) in [5, 5.41) is 6.99. The van der Waals surface area contributed by atoms with E-state index in [-0.39, 0.29) is 17.9 Å². The first-order valence-electron chi connectivity index (χ1n) is 11.2. The van der Waals surface area contributed by atoms with E-state index in [0.717, 1.165) is 25.1 Å². The first kappa shape index (κ1) is 22.0. The fourth-order valence-electron chi connectivity index (χ4n) is 4.04. The number of nitrogens with zero attached hydrogens (tertiary/aromatic N) is 3. The summed E-state index contributed by atoms with van der Waals surface area (Å²) in [5.41, 5.74) is 1.89. The van der Waals surface area contributed by atoms with Gasteiger partial charge in [0.2, 0.25) is 0 Å². The molecule has 0 radical (unpaired) electrons. The van der Waals surface area contributed by atoms with Crippen LogP contribution in [0.3, 0.4) is 0 Å². The lowest BCUT2D eigenvalue weighted by Crippen LogP contribution is -2.41. The largest absolute Gasteiger partial charge is 0.487 e. The highest BCUT2D eigenvalue weighted by atomic mass is 16.5. The number of aryl methyl sites for hydroxylation is 1. The van der Waals surface area contributed by atoms with Crippen LogP contribution in [0.1, 0.15) is 32.7 Å². The number of methoxy groups -OCH3 is 1. The molecule has 2 amide bonds. The van der Waals surface area contributed by atoms with Crippen molar-refractivity contribution in [2.24, 2.45) is 7.05 Å². The van der Waals surface area contributed by atoms with Gasteiger partial charge in [0.15, 0.2) is 5.82 Å². The van der Waals surface area contributed by atoms with Crippen LogP contribution in [0.4, 0.5) is 5.82 Å². The van der Waals surface area contributed by atoms with E-state index in [1.54, 1.807) is 67.5 Å². The minimum atomic E-state index is -0.319. The molecule has 1 unspecified atom stereocenters. The molecule has 1 N–H and O–H groups in total. The Morgan fingerprint density at radius 1 is 1.15 bits per heavy atom. The number of hydrogen-bond acceptors (Lipinski definition) is 6. The second kappa shape index (κ2) is 9.18. The van der Waals surface area contributed by atoms with Gasteiger partial charge in [0.05, 0.1) is 6.61 Å². The molecule has 9 heteroatoms. The minimum absolute atomic E-state index is 0.0303. The predicted molar refractivity (Wildman–Crippen MR) is 125 cm³/mol. The van der Waals surface area contributed by atoms with Crippen molar-refractivity contribution in [3.63, 3.8) is 0 Å². The van der Waals surface area contributed by atoms with Crippen LogP contribution in [0.15, 0.2) is 48.7 Å². The third-order valence-electron chi connectivity index (χ3n) is 5.94. The SMILES string of the molecule is COCC1Cc2c(Oc3ccc(C(=O)N4CCC4)cc3)cc(C(=O)Nc3ccn(C)n3)cc2O1. The fourth-order valence-corrected chi connectivity index (χ4v) is 4.04. The predicted octanol–water partition coefficient (Wildman–Crippen LogP) is 3.26. The van der Waals surface area contributed by atoms with Crippen molar-refractivity contribution in [3.8, 4) is 17.2 Å². The molecule has 3 aromatic rings. The van der Waals surface area contributed by atoms with E-state index in [0.29, 0.717) is 47.2 Å². The van der Waals surface area contributed by atoms with Gasteiger partial charge in [-0.2, -0.15) is 5.10 Å². The van der Waals surface area contributed by atoms with E-state index < -0.39 is 0 Å². The Hall–Kier alpha value is -3.85. The normalized spacial score (nSPS) is 16.4. The highest BCUT2D eigenvalue weighted by Gasteiger charge is 2.29. The van der Waals surface area contributed by atoms with Crippen molar-refractivity contribution < 1.29 is 23.8 Å². The summed E-state index contributed by atoms with van der Waals surface area (Å²) in [6.07, 6.45) is 3.25. The molecule has 1 saturated heterocycles. The quantitative estimate of drug-likeness (QED) is 0.579. The van der Waals surface area contributed by atoms with E-state index in [4.69, 9.17) is 14.2 Å². The zero-order valence-electron chi connectivity index (χ0n) is 19.1. The van der Waals surface area contributed by atoms with Crippen molar-refractivity contribution in [1.29, 1.82) is 0 Å². The van der Waals surface area contributed by atoms with Crippen LogP contribution in [0.2, 0.25) is 0 Å². The highest BCUT2D eigenvalue weighted by molar-refractivity contribution is 6.04. The second-order valence-electron chi connectivity index (χ2n) is 8.45. The number of anilines is 1. The lowest BCUT2D eigenvalue weighted by atomic mass is 10.1. The molecule has 0 bridgehead atoms. The van der Waals surface area contributed by atoms with Crippen molar-refractivity contribution in [2.45, 2.75) is 18.9 Å². The Morgan fingerprint density at radius 3 is 2.59 bits per heavy atom. The second-order valence-corrected chi connectivity index (χ2v) is 8.45. The average molecular weight is 463 g/mol. The summed E-state index contributed by atoms with van der Waals surface area (Å²) >= 11 is 0. The molecular weight excluding hydrogens is 436 g/mol. The number of likely N-dealkylation sites (tertiary alicyclic amines) is 1. The van der Waals surface area contributed by atoms with Gasteiger partial charge in [-0.1, -0.05) is 0 Å². The Balaban J connectivity index is 1.40. The van der Waals surface area contributed by atoms with Gasteiger partial charge < -0.3 is 24.4 Å². The van der Waals surface area contributed by atoms with Gasteiger partial charge in [-0.05, 0) is 42.8 Å². The van der Waals surface area contributed by atoms with Gasteiger partial charge >= 0.3 is 0 Å². The summed E-state index contributed by atoms with van der Waals surface area (Å²) in [7, 11) is 3.40. The van der Waals surface area contributed by atoms with Crippen LogP contribution in [0.25, 0.3) is 0 Å². The molecule has 0 spiro atoms. The van der Waals surface area contributed by atoms with E-state index >= 15 is 0 Å². The molecule has 1 fully saturated rings. The summed E-state index contributed by atoms with van der Waals surface area (Å²) in [5.74, 6) is 1.86. The number of rotatable bonds is 7. The summed E-state index contributed by atoms with van der Waals surface area (Å²) < 4.78 is 19.1. The third kappa shape index (κ3) is 4.47. The molecule has 5 rings (SSSR count). The number of hydrogen-bond donors (Lipinski definition) is 1. The van der Waals surface area contributed by atoms with E-state index in [2.05, 4.69) is 10.4 Å². The third-order valence-corrected chi connectivity index (χ3v) is 5.94. The number of nitrogens with one attached hydrogen (secondary N) is 1. The molecule has 1 aromatic heterocycles. The molecular formula is C25H26N4O5. The van der Waals surface area contributed by atoms with Gasteiger partial charge in [-0.15, -0.1) is 0 Å². The first-order chi connectivity index (χ1) is 16.5. The minimum Gasteiger partial charge on any atom is -0.487 e. The van der Waals surface area contributed by atoms with E-state index in [1.807, 2.05) is 4.90 Å². The smallest absolute Gasteiger partial charge is 0.257 e. The molecule has 3 heterocycles. The van der Waals surface area contributed by atoms with Crippen LogP contribution in [-0.2, 0) is 18.2 Å². The molecule has 176 valence electrons. The van der Waals surface area contributed by atoms with Crippen molar-refractivity contribution in [2.75, 3.05) is 32.1 Å². The highest BCUT2D eigenvalue weighted by Crippen LogP contribution is 2.40. The van der Waals surface area contributed by atoms with Gasteiger partial charge in [0, 0.05) is 62.6 Å². The number of carbonyl (C=O) groups is 2. The molecule has 2 aliphatic rings. The maximum atomic E-state index is 12.9. The lowest BCUT2D eigenvalue weighted by Gasteiger charge is -2.30. The molecule has 0 aliphatic carbocycles. The Bertz CT molecular complexity index is 1220.